The minimum absolute atomic E-state index is 0.0513. The molecule has 6 nitrogen and oxygen atoms in total. The number of carbonyl (C=O) groups is 1. The van der Waals surface area contributed by atoms with E-state index < -0.39 is 18.2 Å². The summed E-state index contributed by atoms with van der Waals surface area (Å²) in [4.78, 5) is 10.5. The zero-order valence-electron chi connectivity index (χ0n) is 16.4. The third-order valence-corrected chi connectivity index (χ3v) is 5.36. The number of hydrogen-bond donors (Lipinski definition) is 3. The number of aliphatic carboxylic acids is 1. The first-order valence-electron chi connectivity index (χ1n) is 9.97. The van der Waals surface area contributed by atoms with Crippen LogP contribution in [-0.2, 0) is 16.0 Å². The van der Waals surface area contributed by atoms with Gasteiger partial charge in [0.05, 0.1) is 24.6 Å². The highest BCUT2D eigenvalue weighted by atomic mass is 16.5. The number of rotatable bonds is 12. The van der Waals surface area contributed by atoms with Crippen molar-refractivity contribution < 1.29 is 29.3 Å². The number of aliphatic hydroxyl groups is 2. The number of hydrogen-bond acceptors (Lipinski definition) is 5. The molecule has 1 aromatic rings. The maximum atomic E-state index is 10.5. The van der Waals surface area contributed by atoms with Crippen LogP contribution in [0.2, 0.25) is 0 Å². The minimum Gasteiger partial charge on any atom is -0.481 e. The molecule has 3 N–H and O–H groups in total. The lowest BCUT2D eigenvalue weighted by atomic mass is 9.89. The fraction of sp³-hybridized carbons (Fsp3) is 0.591. The van der Waals surface area contributed by atoms with Crippen molar-refractivity contribution in [2.75, 3.05) is 7.11 Å². The summed E-state index contributed by atoms with van der Waals surface area (Å²) in [6.45, 7) is 0. The summed E-state index contributed by atoms with van der Waals surface area (Å²) in [6, 6.07) is 3.80. The second-order valence-corrected chi connectivity index (χ2v) is 7.38. The van der Waals surface area contributed by atoms with E-state index in [-0.39, 0.29) is 24.4 Å². The van der Waals surface area contributed by atoms with Gasteiger partial charge in [0.2, 0.25) is 0 Å². The Morgan fingerprint density at radius 1 is 1.36 bits per heavy atom. The van der Waals surface area contributed by atoms with Crippen LogP contribution in [0.4, 0.5) is 0 Å². The van der Waals surface area contributed by atoms with E-state index in [1.807, 2.05) is 36.4 Å². The van der Waals surface area contributed by atoms with Crippen LogP contribution in [0.25, 0.3) is 0 Å². The third kappa shape index (κ3) is 7.26. The lowest BCUT2D eigenvalue weighted by Gasteiger charge is -2.20. The van der Waals surface area contributed by atoms with Crippen LogP contribution in [0.1, 0.15) is 44.3 Å². The van der Waals surface area contributed by atoms with Gasteiger partial charge in [0, 0.05) is 32.3 Å². The smallest absolute Gasteiger partial charge is 0.303 e. The third-order valence-electron chi connectivity index (χ3n) is 5.36. The average Bonchev–Trinajstić information content (AvgIpc) is 3.26. The van der Waals surface area contributed by atoms with Gasteiger partial charge < -0.3 is 24.5 Å². The van der Waals surface area contributed by atoms with Crippen LogP contribution in [0.15, 0.2) is 47.1 Å². The summed E-state index contributed by atoms with van der Waals surface area (Å²) >= 11 is 0. The summed E-state index contributed by atoms with van der Waals surface area (Å²) in [6.07, 6.45) is 12.4. The second-order valence-electron chi connectivity index (χ2n) is 7.38. The van der Waals surface area contributed by atoms with Gasteiger partial charge in [0.25, 0.3) is 0 Å². The minimum atomic E-state index is -0.785. The molecule has 28 heavy (non-hydrogen) atoms. The summed E-state index contributed by atoms with van der Waals surface area (Å²) < 4.78 is 10.9. The lowest BCUT2D eigenvalue weighted by molar-refractivity contribution is -0.137. The Morgan fingerprint density at radius 3 is 2.86 bits per heavy atom. The predicted octanol–water partition coefficient (Wildman–Crippen LogP) is 3.34. The summed E-state index contributed by atoms with van der Waals surface area (Å²) in [5.41, 5.74) is 0. The van der Waals surface area contributed by atoms with Crippen molar-refractivity contribution in [3.8, 4) is 0 Å². The zero-order chi connectivity index (χ0) is 20.4. The molecule has 5 atom stereocenters. The highest BCUT2D eigenvalue weighted by molar-refractivity contribution is 5.66. The van der Waals surface area contributed by atoms with Crippen LogP contribution in [-0.4, -0.2) is 46.7 Å². The van der Waals surface area contributed by atoms with Crippen molar-refractivity contribution in [2.45, 2.75) is 63.3 Å². The van der Waals surface area contributed by atoms with E-state index in [1.165, 1.54) is 0 Å². The number of aryl methyl sites for hydroxylation is 1. The number of aliphatic hydroxyl groups excluding tert-OH is 2. The van der Waals surface area contributed by atoms with Gasteiger partial charge in [-0.3, -0.25) is 4.79 Å². The van der Waals surface area contributed by atoms with Crippen LogP contribution in [0, 0.1) is 11.8 Å². The van der Waals surface area contributed by atoms with Gasteiger partial charge in [0.1, 0.15) is 5.76 Å². The van der Waals surface area contributed by atoms with Gasteiger partial charge in [-0.15, -0.1) is 0 Å². The normalized spacial score (nSPS) is 26.4. The van der Waals surface area contributed by atoms with Gasteiger partial charge in [-0.1, -0.05) is 24.3 Å². The molecular weight excluding hydrogens is 360 g/mol. The highest BCUT2D eigenvalue weighted by Gasteiger charge is 2.39. The Bertz CT molecular complexity index is 621. The molecule has 1 heterocycles. The molecule has 156 valence electrons. The van der Waals surface area contributed by atoms with Gasteiger partial charge in [0.15, 0.2) is 0 Å². The molecule has 1 saturated carbocycles. The number of ether oxygens (including phenoxy) is 1. The molecule has 1 aliphatic rings. The van der Waals surface area contributed by atoms with Crippen LogP contribution < -0.4 is 0 Å². The number of furan rings is 1. The Hall–Kier alpha value is -1.89. The Balaban J connectivity index is 1.85. The van der Waals surface area contributed by atoms with E-state index >= 15 is 0 Å². The first-order valence-corrected chi connectivity index (χ1v) is 9.97. The summed E-state index contributed by atoms with van der Waals surface area (Å²) in [7, 11) is 1.66. The first kappa shape index (κ1) is 22.4. The molecule has 1 fully saturated rings. The van der Waals surface area contributed by atoms with Crippen molar-refractivity contribution >= 4 is 5.97 Å². The van der Waals surface area contributed by atoms with Crippen LogP contribution in [0.5, 0.6) is 0 Å². The van der Waals surface area contributed by atoms with Crippen molar-refractivity contribution in [3.05, 3.63) is 48.5 Å². The molecular formula is C22H32O6. The lowest BCUT2D eigenvalue weighted by Crippen LogP contribution is -2.20. The fourth-order valence-corrected chi connectivity index (χ4v) is 3.73. The maximum Gasteiger partial charge on any atom is 0.303 e. The molecule has 0 spiro atoms. The quantitative estimate of drug-likeness (QED) is 0.373. The van der Waals surface area contributed by atoms with Crippen LogP contribution >= 0.6 is 0 Å². The van der Waals surface area contributed by atoms with Gasteiger partial charge >= 0.3 is 5.97 Å². The maximum absolute atomic E-state index is 10.5. The molecule has 0 saturated heterocycles. The molecule has 0 unspecified atom stereocenters. The topological polar surface area (TPSA) is 100 Å². The van der Waals surface area contributed by atoms with Crippen molar-refractivity contribution in [1.29, 1.82) is 0 Å². The molecule has 0 aromatic carbocycles. The van der Waals surface area contributed by atoms with E-state index in [0.29, 0.717) is 25.7 Å². The molecule has 1 aliphatic carbocycles. The Labute approximate surface area is 166 Å². The number of carboxylic acid groups (broad SMARTS) is 1. The van der Waals surface area contributed by atoms with Crippen molar-refractivity contribution in [3.63, 3.8) is 0 Å². The number of methoxy groups -OCH3 is 1. The zero-order valence-corrected chi connectivity index (χ0v) is 16.4. The molecule has 0 bridgehead atoms. The first-order chi connectivity index (χ1) is 13.5. The van der Waals surface area contributed by atoms with E-state index in [1.54, 1.807) is 13.4 Å². The largest absolute Gasteiger partial charge is 0.481 e. The molecule has 0 amide bonds. The van der Waals surface area contributed by atoms with Gasteiger partial charge in [-0.25, -0.2) is 0 Å². The van der Waals surface area contributed by atoms with Crippen molar-refractivity contribution in [2.24, 2.45) is 11.8 Å². The standard InChI is InChI=1S/C22H32O6/c1-27-16(10-11-17-7-6-14-28-17)12-13-19-18(20(23)15-21(19)24)8-4-2-3-5-9-22(25)26/h2,4,6-7,12-14,16,18-21,23-24H,3,5,8-11,15H2,1H3,(H,25,26)/b4-2-,13-12+/t16-,18+,19+,20-,21-/m0/s1. The number of allylic oxidation sites excluding steroid dienone is 2. The number of unbranched alkanes of at least 4 members (excludes halogenated alkanes) is 1. The van der Waals surface area contributed by atoms with Crippen LogP contribution in [0.3, 0.4) is 0 Å². The average molecular weight is 392 g/mol. The molecule has 0 radical (unpaired) electrons. The van der Waals surface area contributed by atoms with E-state index in [9.17, 15) is 15.0 Å². The van der Waals surface area contributed by atoms with E-state index in [2.05, 4.69) is 0 Å². The number of carboxylic acids is 1. The monoisotopic (exact) mass is 392 g/mol. The van der Waals surface area contributed by atoms with E-state index in [4.69, 9.17) is 14.3 Å². The summed E-state index contributed by atoms with van der Waals surface area (Å²) in [5, 5.41) is 29.3. The molecule has 2 rings (SSSR count). The predicted molar refractivity (Wildman–Crippen MR) is 106 cm³/mol. The molecule has 6 heteroatoms. The van der Waals surface area contributed by atoms with Gasteiger partial charge in [-0.05, 0) is 43.7 Å². The second kappa shape index (κ2) is 11.8. The van der Waals surface area contributed by atoms with Gasteiger partial charge in [-0.2, -0.15) is 0 Å². The fourth-order valence-electron chi connectivity index (χ4n) is 3.73. The SMILES string of the molecule is CO[C@H](/C=C/[C@@H]1[C@@H](C/C=C\CCCC(=O)O)[C@@H](O)C[C@@H]1O)CCc1ccco1. The Morgan fingerprint density at radius 2 is 2.18 bits per heavy atom. The summed E-state index contributed by atoms with van der Waals surface area (Å²) in [5.74, 6) is -0.0464. The highest BCUT2D eigenvalue weighted by Crippen LogP contribution is 2.36. The van der Waals surface area contributed by atoms with Crippen molar-refractivity contribution in [1.82, 2.24) is 0 Å². The Kier molecular flexibility index (Phi) is 9.47. The molecule has 0 aliphatic heterocycles. The van der Waals surface area contributed by atoms with E-state index in [0.717, 1.165) is 18.6 Å². The molecule has 1 aromatic heterocycles.